The van der Waals surface area contributed by atoms with Crippen LogP contribution in [0.25, 0.3) is 0 Å². The zero-order valence-corrected chi connectivity index (χ0v) is 11.1. The van der Waals surface area contributed by atoms with E-state index >= 15 is 0 Å². The first-order valence-corrected chi connectivity index (χ1v) is 7.06. The monoisotopic (exact) mass is 236 g/mol. The van der Waals surface area contributed by atoms with Gasteiger partial charge in [-0.1, -0.05) is 60.7 Å². The van der Waals surface area contributed by atoms with Crippen molar-refractivity contribution in [2.75, 3.05) is 0 Å². The molecule has 0 saturated carbocycles. The van der Waals surface area contributed by atoms with Gasteiger partial charge in [-0.25, -0.2) is 0 Å². The molecule has 0 aliphatic rings. The van der Waals surface area contributed by atoms with E-state index in [0.29, 0.717) is 0 Å². The second-order valence-corrected chi connectivity index (χ2v) is 6.45. The van der Waals surface area contributed by atoms with Gasteiger partial charge in [0.1, 0.15) is 0 Å². The van der Waals surface area contributed by atoms with Crippen LogP contribution in [-0.2, 0) is 4.57 Å². The first-order chi connectivity index (χ1) is 7.77. The zero-order valence-electron chi connectivity index (χ0n) is 10.2. The van der Waals surface area contributed by atoms with Crippen LogP contribution in [0.15, 0.2) is 60.7 Å². The quantitative estimate of drug-likeness (QED) is 0.422. The molecule has 0 amide bonds. The smallest absolute Gasteiger partial charge is 0.348 e. The van der Waals surface area contributed by atoms with Gasteiger partial charge in [-0.2, -0.15) is 6.92 Å². The Kier molecular flexibility index (Phi) is 5.28. The number of hydrogen-bond donors (Lipinski definition) is 0. The fourth-order valence-corrected chi connectivity index (χ4v) is 3.87. The third kappa shape index (κ3) is 2.93. The molecular weight excluding hydrogens is 222 g/mol. The van der Waals surface area contributed by atoms with Gasteiger partial charge in [0.05, 0.1) is 0 Å². The van der Waals surface area contributed by atoms with Crippen molar-refractivity contribution < 1.29 is 23.4 Å². The van der Waals surface area contributed by atoms with Crippen molar-refractivity contribution in [2.45, 2.75) is 6.92 Å². The van der Waals surface area contributed by atoms with Crippen LogP contribution in [0.5, 0.6) is 0 Å². The molecule has 17 heavy (non-hydrogen) atoms. The van der Waals surface area contributed by atoms with Crippen LogP contribution in [0.3, 0.4) is 0 Å². The Morgan fingerprint density at radius 2 is 1.18 bits per heavy atom. The van der Waals surface area contributed by atoms with Crippen LogP contribution < -0.4 is 29.5 Å². The van der Waals surface area contributed by atoms with Crippen molar-refractivity contribution in [1.82, 2.24) is 0 Å². The van der Waals surface area contributed by atoms with E-state index in [9.17, 15) is 4.57 Å². The summed E-state index contributed by atoms with van der Waals surface area (Å²) >= 11 is 0. The Hall–Kier alpha value is -0.733. The average molecular weight is 236 g/mol. The fraction of sp³-hybridized carbons (Fsp3) is 0.0714. The summed E-state index contributed by atoms with van der Waals surface area (Å²) in [6.07, 6.45) is 1.82. The molecule has 0 heterocycles. The van der Waals surface area contributed by atoms with E-state index in [1.807, 2.05) is 73.7 Å². The second-order valence-electron chi connectivity index (χ2n) is 3.59. The standard InChI is InChI=1S/C14H14OP.Li/c1-2-16(15,13-9-5-3-6-10-13)14-11-7-4-8-12-14;/h2-12H,1H3;/q-1;+1. The molecule has 0 aliphatic heterocycles. The van der Waals surface area contributed by atoms with Gasteiger partial charge in [0.15, 0.2) is 0 Å². The van der Waals surface area contributed by atoms with E-state index in [0.717, 1.165) is 10.6 Å². The minimum Gasteiger partial charge on any atom is -0.348 e. The molecule has 1 nitrogen and oxygen atoms in total. The largest absolute Gasteiger partial charge is 1.00 e. The summed E-state index contributed by atoms with van der Waals surface area (Å²) in [6, 6.07) is 19.3. The predicted octanol–water partition coefficient (Wildman–Crippen LogP) is 0.186. The van der Waals surface area contributed by atoms with Crippen LogP contribution in [0.4, 0.5) is 0 Å². The van der Waals surface area contributed by atoms with Crippen molar-refractivity contribution in [3.8, 4) is 0 Å². The molecule has 2 aromatic rings. The minimum absolute atomic E-state index is 0. The van der Waals surface area contributed by atoms with Gasteiger partial charge < -0.3 is 4.57 Å². The number of benzene rings is 2. The van der Waals surface area contributed by atoms with Crippen molar-refractivity contribution in [3.63, 3.8) is 0 Å². The molecule has 0 spiro atoms. The predicted molar refractivity (Wildman–Crippen MR) is 69.7 cm³/mol. The van der Waals surface area contributed by atoms with Gasteiger partial charge in [0.25, 0.3) is 0 Å². The van der Waals surface area contributed by atoms with Gasteiger partial charge >= 0.3 is 18.9 Å². The first-order valence-electron chi connectivity index (χ1n) is 5.29. The summed E-state index contributed by atoms with van der Waals surface area (Å²) in [5, 5.41) is 1.78. The summed E-state index contributed by atoms with van der Waals surface area (Å²) in [5.41, 5.74) is 0. The molecule has 0 N–H and O–H groups in total. The normalized spacial score (nSPS) is 10.6. The zero-order chi connectivity index (χ0) is 11.4. The van der Waals surface area contributed by atoms with Crippen molar-refractivity contribution in [1.29, 1.82) is 0 Å². The molecule has 3 heteroatoms. The third-order valence-electron chi connectivity index (χ3n) is 2.64. The van der Waals surface area contributed by atoms with Crippen LogP contribution in [0.1, 0.15) is 6.92 Å². The first kappa shape index (κ1) is 14.3. The Balaban J connectivity index is 0.00000144. The summed E-state index contributed by atoms with van der Waals surface area (Å²) in [6.45, 7) is 1.86. The van der Waals surface area contributed by atoms with Gasteiger partial charge in [0, 0.05) is 7.14 Å². The number of rotatable bonds is 3. The van der Waals surface area contributed by atoms with E-state index in [1.54, 1.807) is 0 Å². The van der Waals surface area contributed by atoms with Gasteiger partial charge in [0.2, 0.25) is 0 Å². The van der Waals surface area contributed by atoms with E-state index in [1.165, 1.54) is 0 Å². The summed E-state index contributed by atoms with van der Waals surface area (Å²) in [4.78, 5) is 0. The molecule has 0 atom stereocenters. The Morgan fingerprint density at radius 1 is 0.824 bits per heavy atom. The molecule has 0 aromatic heterocycles. The summed E-state index contributed by atoms with van der Waals surface area (Å²) < 4.78 is 12.9. The maximum Gasteiger partial charge on any atom is 1.00 e. The second kappa shape index (κ2) is 6.27. The Morgan fingerprint density at radius 3 is 1.47 bits per heavy atom. The molecular formula is C14H14LiOP. The van der Waals surface area contributed by atoms with Crippen LogP contribution in [0, 0.1) is 6.16 Å². The van der Waals surface area contributed by atoms with Crippen molar-refractivity contribution in [3.05, 3.63) is 66.8 Å². The summed E-state index contributed by atoms with van der Waals surface area (Å²) in [7, 11) is -2.53. The van der Waals surface area contributed by atoms with Gasteiger partial charge in [-0.05, 0) is 10.6 Å². The molecule has 0 radical (unpaired) electrons. The van der Waals surface area contributed by atoms with Crippen molar-refractivity contribution >= 4 is 17.8 Å². The SMILES string of the molecule is C[CH-]P(=O)(c1ccccc1)c1ccccc1.[Li+]. The maximum absolute atomic E-state index is 12.9. The average Bonchev–Trinajstić information content (AvgIpc) is 2.40. The third-order valence-corrected chi connectivity index (χ3v) is 5.50. The van der Waals surface area contributed by atoms with Crippen molar-refractivity contribution in [2.24, 2.45) is 0 Å². The van der Waals surface area contributed by atoms with E-state index in [4.69, 9.17) is 0 Å². The van der Waals surface area contributed by atoms with Crippen LogP contribution >= 0.6 is 7.14 Å². The topological polar surface area (TPSA) is 17.1 Å². The molecule has 0 aliphatic carbocycles. The van der Waals surface area contributed by atoms with E-state index in [2.05, 4.69) is 0 Å². The molecule has 2 aromatic carbocycles. The molecule has 82 valence electrons. The Labute approximate surface area is 115 Å². The van der Waals surface area contributed by atoms with E-state index in [-0.39, 0.29) is 18.9 Å². The summed E-state index contributed by atoms with van der Waals surface area (Å²) in [5.74, 6) is 0. The maximum atomic E-state index is 12.9. The van der Waals surface area contributed by atoms with Crippen LogP contribution in [-0.4, -0.2) is 0 Å². The number of hydrogen-bond acceptors (Lipinski definition) is 1. The fourth-order valence-electron chi connectivity index (χ4n) is 1.75. The Bertz CT molecular complexity index is 453. The molecule has 0 unspecified atom stereocenters. The van der Waals surface area contributed by atoms with Gasteiger partial charge in [-0.15, -0.1) is 0 Å². The van der Waals surface area contributed by atoms with Gasteiger partial charge in [-0.3, -0.25) is 6.16 Å². The van der Waals surface area contributed by atoms with E-state index < -0.39 is 7.14 Å². The molecule has 0 saturated heterocycles. The minimum atomic E-state index is -2.53. The molecule has 2 rings (SSSR count). The molecule has 0 bridgehead atoms. The molecule has 0 fully saturated rings. The van der Waals surface area contributed by atoms with Crippen LogP contribution in [0.2, 0.25) is 0 Å².